The largest absolute Gasteiger partial charge is 0.367 e. The molecular weight excluding hydrogens is 242 g/mol. The van der Waals surface area contributed by atoms with E-state index < -0.39 is 0 Å². The van der Waals surface area contributed by atoms with Crippen LogP contribution in [0.5, 0.6) is 0 Å². The minimum atomic E-state index is -0.354. The molecule has 0 spiro atoms. The Balaban J connectivity index is 2.04. The average molecular weight is 267 g/mol. The molecule has 108 valence electrons. The van der Waals surface area contributed by atoms with E-state index in [0.717, 1.165) is 32.4 Å². The summed E-state index contributed by atoms with van der Waals surface area (Å²) in [5.74, 6) is 1.93. The monoisotopic (exact) mass is 267 g/mol. The molecule has 1 saturated heterocycles. The van der Waals surface area contributed by atoms with Crippen LogP contribution in [0.2, 0.25) is 0 Å². The standard InChI is InChI=1S/C14H25N3O2/c1-5-15-11(10(2)3)9-12-16-13(17-19-12)14(4)7-6-8-18-14/h10-11,15H,5-9H2,1-4H3. The van der Waals surface area contributed by atoms with Gasteiger partial charge in [0.15, 0.2) is 0 Å². The topological polar surface area (TPSA) is 60.2 Å². The first-order valence-electron chi connectivity index (χ1n) is 7.25. The fraction of sp³-hybridized carbons (Fsp3) is 0.857. The Morgan fingerprint density at radius 3 is 2.79 bits per heavy atom. The molecule has 2 rings (SSSR count). The molecule has 2 heterocycles. The van der Waals surface area contributed by atoms with Crippen LogP contribution in [-0.2, 0) is 16.8 Å². The van der Waals surface area contributed by atoms with Gasteiger partial charge < -0.3 is 14.6 Å². The molecule has 0 amide bonds. The smallest absolute Gasteiger partial charge is 0.228 e. The van der Waals surface area contributed by atoms with E-state index in [-0.39, 0.29) is 5.60 Å². The Hall–Kier alpha value is -0.940. The summed E-state index contributed by atoms with van der Waals surface area (Å²) in [6.45, 7) is 10.3. The van der Waals surface area contributed by atoms with Gasteiger partial charge in [0.1, 0.15) is 5.60 Å². The van der Waals surface area contributed by atoms with E-state index in [2.05, 4.69) is 36.2 Å². The van der Waals surface area contributed by atoms with E-state index in [1.807, 2.05) is 6.92 Å². The van der Waals surface area contributed by atoms with Crippen molar-refractivity contribution in [1.82, 2.24) is 15.5 Å². The zero-order chi connectivity index (χ0) is 13.9. The van der Waals surface area contributed by atoms with Crippen LogP contribution in [-0.4, -0.2) is 29.3 Å². The predicted molar refractivity (Wildman–Crippen MR) is 72.8 cm³/mol. The van der Waals surface area contributed by atoms with Gasteiger partial charge in [-0.05, 0) is 32.2 Å². The molecule has 1 aromatic rings. The van der Waals surface area contributed by atoms with Crippen molar-refractivity contribution in [1.29, 1.82) is 0 Å². The summed E-state index contributed by atoms with van der Waals surface area (Å²) in [7, 11) is 0. The molecule has 1 aromatic heterocycles. The van der Waals surface area contributed by atoms with Crippen molar-refractivity contribution in [2.75, 3.05) is 13.2 Å². The molecule has 1 aliphatic heterocycles. The fourth-order valence-corrected chi connectivity index (χ4v) is 2.50. The van der Waals surface area contributed by atoms with Gasteiger partial charge in [0.25, 0.3) is 0 Å². The first-order valence-corrected chi connectivity index (χ1v) is 7.25. The molecule has 1 N–H and O–H groups in total. The molecule has 0 saturated carbocycles. The van der Waals surface area contributed by atoms with Crippen LogP contribution in [0.4, 0.5) is 0 Å². The first-order chi connectivity index (χ1) is 9.05. The third-order valence-electron chi connectivity index (χ3n) is 3.83. The quantitative estimate of drug-likeness (QED) is 0.856. The van der Waals surface area contributed by atoms with E-state index in [9.17, 15) is 0 Å². The highest BCUT2D eigenvalue weighted by molar-refractivity contribution is 5.02. The van der Waals surface area contributed by atoms with E-state index >= 15 is 0 Å². The zero-order valence-electron chi connectivity index (χ0n) is 12.4. The number of likely N-dealkylation sites (N-methyl/N-ethyl adjacent to an activating group) is 1. The van der Waals surface area contributed by atoms with Crippen molar-refractivity contribution in [3.63, 3.8) is 0 Å². The molecule has 0 bridgehead atoms. The second-order valence-corrected chi connectivity index (χ2v) is 5.81. The van der Waals surface area contributed by atoms with Gasteiger partial charge in [-0.2, -0.15) is 4.98 Å². The number of rotatable bonds is 6. The normalized spacial score (nSPS) is 25.1. The van der Waals surface area contributed by atoms with Gasteiger partial charge in [-0.1, -0.05) is 25.9 Å². The van der Waals surface area contributed by atoms with E-state index in [4.69, 9.17) is 9.26 Å². The number of hydrogen-bond acceptors (Lipinski definition) is 5. The summed E-state index contributed by atoms with van der Waals surface area (Å²) >= 11 is 0. The number of nitrogens with one attached hydrogen (secondary N) is 1. The Bertz CT molecular complexity index is 397. The zero-order valence-corrected chi connectivity index (χ0v) is 12.4. The molecule has 5 heteroatoms. The van der Waals surface area contributed by atoms with E-state index in [1.165, 1.54) is 0 Å². The highest BCUT2D eigenvalue weighted by atomic mass is 16.5. The second kappa shape index (κ2) is 6.01. The lowest BCUT2D eigenvalue weighted by molar-refractivity contribution is 0.00768. The van der Waals surface area contributed by atoms with Crippen LogP contribution in [0.3, 0.4) is 0 Å². The lowest BCUT2D eigenvalue weighted by atomic mass is 10.0. The maximum Gasteiger partial charge on any atom is 0.228 e. The van der Waals surface area contributed by atoms with Crippen LogP contribution in [0.15, 0.2) is 4.52 Å². The molecule has 0 aliphatic carbocycles. The van der Waals surface area contributed by atoms with Crippen molar-refractivity contribution in [2.24, 2.45) is 5.92 Å². The Labute approximate surface area is 115 Å². The summed E-state index contributed by atoms with van der Waals surface area (Å²) < 4.78 is 11.1. The molecule has 0 radical (unpaired) electrons. The van der Waals surface area contributed by atoms with Crippen molar-refractivity contribution in [2.45, 2.75) is 58.6 Å². The van der Waals surface area contributed by atoms with Crippen molar-refractivity contribution in [3.8, 4) is 0 Å². The van der Waals surface area contributed by atoms with Crippen LogP contribution < -0.4 is 5.32 Å². The number of aromatic nitrogens is 2. The molecule has 0 aromatic carbocycles. The van der Waals surface area contributed by atoms with Crippen molar-refractivity contribution in [3.05, 3.63) is 11.7 Å². The molecule has 5 nitrogen and oxygen atoms in total. The van der Waals surface area contributed by atoms with Crippen LogP contribution in [0.1, 0.15) is 52.3 Å². The predicted octanol–water partition coefficient (Wildman–Crippen LogP) is 2.27. The van der Waals surface area contributed by atoms with Gasteiger partial charge in [-0.3, -0.25) is 0 Å². The SMILES string of the molecule is CCNC(Cc1nc(C2(C)CCCO2)no1)C(C)C. The van der Waals surface area contributed by atoms with Gasteiger partial charge in [0.2, 0.25) is 11.7 Å². The summed E-state index contributed by atoms with van der Waals surface area (Å²) in [5, 5.41) is 7.56. The van der Waals surface area contributed by atoms with E-state index in [0.29, 0.717) is 23.7 Å². The third-order valence-corrected chi connectivity index (χ3v) is 3.83. The number of nitrogens with zero attached hydrogens (tertiary/aromatic N) is 2. The summed E-state index contributed by atoms with van der Waals surface area (Å²) in [4.78, 5) is 4.53. The third kappa shape index (κ3) is 3.34. The van der Waals surface area contributed by atoms with Gasteiger partial charge in [-0.15, -0.1) is 0 Å². The summed E-state index contributed by atoms with van der Waals surface area (Å²) in [6.07, 6.45) is 2.80. The first kappa shape index (κ1) is 14.5. The van der Waals surface area contributed by atoms with E-state index in [1.54, 1.807) is 0 Å². The van der Waals surface area contributed by atoms with Gasteiger partial charge in [0, 0.05) is 19.1 Å². The Kier molecular flexibility index (Phi) is 4.58. The van der Waals surface area contributed by atoms with Crippen LogP contribution >= 0.6 is 0 Å². The molecular formula is C14H25N3O2. The lowest BCUT2D eigenvalue weighted by Gasteiger charge is -2.20. The molecule has 1 fully saturated rings. The van der Waals surface area contributed by atoms with Gasteiger partial charge in [-0.25, -0.2) is 0 Å². The van der Waals surface area contributed by atoms with Crippen LogP contribution in [0.25, 0.3) is 0 Å². The molecule has 1 aliphatic rings. The highest BCUT2D eigenvalue weighted by Gasteiger charge is 2.36. The summed E-state index contributed by atoms with van der Waals surface area (Å²) in [5.41, 5.74) is -0.354. The number of ether oxygens (including phenoxy) is 1. The highest BCUT2D eigenvalue weighted by Crippen LogP contribution is 2.33. The average Bonchev–Trinajstić information content (AvgIpc) is 2.98. The lowest BCUT2D eigenvalue weighted by Crippen LogP contribution is -2.35. The Morgan fingerprint density at radius 1 is 1.42 bits per heavy atom. The minimum absolute atomic E-state index is 0.354. The molecule has 2 atom stereocenters. The van der Waals surface area contributed by atoms with Crippen molar-refractivity contribution < 1.29 is 9.26 Å². The fourth-order valence-electron chi connectivity index (χ4n) is 2.50. The maximum absolute atomic E-state index is 5.74. The summed E-state index contributed by atoms with van der Waals surface area (Å²) in [6, 6.07) is 0.371. The molecule has 19 heavy (non-hydrogen) atoms. The van der Waals surface area contributed by atoms with Gasteiger partial charge >= 0.3 is 0 Å². The van der Waals surface area contributed by atoms with Crippen LogP contribution in [0, 0.1) is 5.92 Å². The van der Waals surface area contributed by atoms with Gasteiger partial charge in [0.05, 0.1) is 0 Å². The molecule has 2 unspecified atom stereocenters. The second-order valence-electron chi connectivity index (χ2n) is 5.81. The maximum atomic E-state index is 5.74. The van der Waals surface area contributed by atoms with Crippen molar-refractivity contribution >= 4 is 0 Å². The minimum Gasteiger partial charge on any atom is -0.367 e. The Morgan fingerprint density at radius 2 is 2.21 bits per heavy atom. The number of hydrogen-bond donors (Lipinski definition) is 1.